The van der Waals surface area contributed by atoms with Crippen LogP contribution in [0.2, 0.25) is 0 Å². The third-order valence-corrected chi connectivity index (χ3v) is 4.39. The third-order valence-electron chi connectivity index (χ3n) is 4.39. The lowest BCUT2D eigenvalue weighted by Gasteiger charge is -2.38. The van der Waals surface area contributed by atoms with Crippen molar-refractivity contribution < 1.29 is 4.79 Å². The second kappa shape index (κ2) is 7.25. The predicted molar refractivity (Wildman–Crippen MR) is 78.1 cm³/mol. The highest BCUT2D eigenvalue weighted by molar-refractivity contribution is 5.78. The lowest BCUT2D eigenvalue weighted by atomic mass is 9.99. The summed E-state index contributed by atoms with van der Waals surface area (Å²) in [7, 11) is 0. The first-order valence-electron chi connectivity index (χ1n) is 7.93. The van der Waals surface area contributed by atoms with Crippen LogP contribution in [-0.4, -0.2) is 49.1 Å². The van der Waals surface area contributed by atoms with Crippen molar-refractivity contribution in [2.75, 3.05) is 26.2 Å². The quantitative estimate of drug-likeness (QED) is 0.808. The number of likely N-dealkylation sites (tertiary alicyclic amines) is 1. The molecular weight excluding hydrogens is 238 g/mol. The average Bonchev–Trinajstić information content (AvgIpc) is 2.45. The Labute approximate surface area is 117 Å². The summed E-state index contributed by atoms with van der Waals surface area (Å²) in [4.78, 5) is 14.4. The number of amides is 1. The van der Waals surface area contributed by atoms with Crippen molar-refractivity contribution in [2.24, 2.45) is 5.92 Å². The van der Waals surface area contributed by atoms with Gasteiger partial charge in [-0.25, -0.2) is 0 Å². The van der Waals surface area contributed by atoms with Crippen LogP contribution in [-0.2, 0) is 4.79 Å². The predicted octanol–water partition coefficient (Wildman–Crippen LogP) is 1.37. The summed E-state index contributed by atoms with van der Waals surface area (Å²) in [6, 6.07) is 1.05. The Kier molecular flexibility index (Phi) is 5.64. The minimum absolute atomic E-state index is 0.125. The number of nitrogens with zero attached hydrogens (tertiary/aromatic N) is 1. The molecule has 2 heterocycles. The smallest absolute Gasteiger partial charge is 0.225 e. The molecule has 19 heavy (non-hydrogen) atoms. The fourth-order valence-electron chi connectivity index (χ4n) is 3.16. The van der Waals surface area contributed by atoms with Gasteiger partial charge in [-0.15, -0.1) is 0 Å². The fraction of sp³-hybridized carbons (Fsp3) is 0.933. The van der Waals surface area contributed by atoms with Crippen LogP contribution in [0.15, 0.2) is 0 Å². The Morgan fingerprint density at radius 3 is 2.68 bits per heavy atom. The first-order chi connectivity index (χ1) is 9.18. The van der Waals surface area contributed by atoms with Gasteiger partial charge in [-0.2, -0.15) is 0 Å². The summed E-state index contributed by atoms with van der Waals surface area (Å²) >= 11 is 0. The number of hydrogen-bond acceptors (Lipinski definition) is 3. The summed E-state index contributed by atoms with van der Waals surface area (Å²) < 4.78 is 0. The highest BCUT2D eigenvalue weighted by Gasteiger charge is 2.28. The normalized spacial score (nSPS) is 25.8. The molecule has 0 saturated carbocycles. The molecule has 2 aliphatic rings. The molecule has 0 bridgehead atoms. The maximum atomic E-state index is 12.2. The summed E-state index contributed by atoms with van der Waals surface area (Å²) in [5.74, 6) is 0.455. The van der Waals surface area contributed by atoms with Gasteiger partial charge in [0.05, 0.1) is 0 Å². The van der Waals surface area contributed by atoms with E-state index in [1.165, 1.54) is 25.7 Å². The van der Waals surface area contributed by atoms with E-state index in [-0.39, 0.29) is 5.92 Å². The Morgan fingerprint density at radius 2 is 2.00 bits per heavy atom. The van der Waals surface area contributed by atoms with Gasteiger partial charge in [0, 0.05) is 31.1 Å². The van der Waals surface area contributed by atoms with E-state index < -0.39 is 0 Å². The van der Waals surface area contributed by atoms with Crippen molar-refractivity contribution in [1.29, 1.82) is 0 Å². The molecule has 0 aliphatic carbocycles. The highest BCUT2D eigenvalue weighted by Crippen LogP contribution is 2.19. The molecule has 0 aromatic carbocycles. The van der Waals surface area contributed by atoms with Crippen LogP contribution in [0.25, 0.3) is 0 Å². The molecule has 0 aromatic rings. The van der Waals surface area contributed by atoms with Crippen LogP contribution in [0, 0.1) is 5.92 Å². The lowest BCUT2D eigenvalue weighted by molar-refractivity contribution is -0.138. The van der Waals surface area contributed by atoms with Crippen molar-refractivity contribution in [3.63, 3.8) is 0 Å². The first-order valence-corrected chi connectivity index (χ1v) is 7.93. The minimum Gasteiger partial charge on any atom is -0.338 e. The molecule has 0 aromatic heterocycles. The molecule has 4 heteroatoms. The van der Waals surface area contributed by atoms with Crippen molar-refractivity contribution in [3.8, 4) is 0 Å². The Balaban J connectivity index is 1.83. The summed E-state index contributed by atoms with van der Waals surface area (Å²) in [5, 5.41) is 7.07. The number of rotatable bonds is 4. The van der Waals surface area contributed by atoms with Crippen molar-refractivity contribution >= 4 is 5.91 Å². The maximum absolute atomic E-state index is 12.2. The molecule has 110 valence electrons. The third kappa shape index (κ3) is 4.18. The molecule has 2 saturated heterocycles. The lowest BCUT2D eigenvalue weighted by Crippen LogP contribution is -2.52. The van der Waals surface area contributed by atoms with E-state index in [4.69, 9.17) is 0 Å². The topological polar surface area (TPSA) is 44.4 Å². The first kappa shape index (κ1) is 14.8. The number of carbonyl (C=O) groups excluding carboxylic acids is 1. The molecule has 1 unspecified atom stereocenters. The van der Waals surface area contributed by atoms with Gasteiger partial charge in [-0.3, -0.25) is 4.79 Å². The molecule has 2 rings (SSSR count). The maximum Gasteiger partial charge on any atom is 0.225 e. The zero-order valence-electron chi connectivity index (χ0n) is 12.5. The molecule has 2 aliphatic heterocycles. The molecule has 1 amide bonds. The minimum atomic E-state index is 0.125. The van der Waals surface area contributed by atoms with Crippen molar-refractivity contribution in [3.05, 3.63) is 0 Å². The van der Waals surface area contributed by atoms with Crippen LogP contribution in [0.4, 0.5) is 0 Å². The van der Waals surface area contributed by atoms with E-state index in [0.29, 0.717) is 18.0 Å². The van der Waals surface area contributed by atoms with Crippen LogP contribution < -0.4 is 10.6 Å². The van der Waals surface area contributed by atoms with Crippen LogP contribution >= 0.6 is 0 Å². The summed E-state index contributed by atoms with van der Waals surface area (Å²) in [6.07, 6.45) is 6.02. The van der Waals surface area contributed by atoms with Gasteiger partial charge in [-0.1, -0.05) is 13.8 Å². The molecule has 2 fully saturated rings. The van der Waals surface area contributed by atoms with Gasteiger partial charge in [-0.05, 0) is 45.2 Å². The molecule has 4 nitrogen and oxygen atoms in total. The van der Waals surface area contributed by atoms with E-state index in [1.54, 1.807) is 0 Å². The van der Waals surface area contributed by atoms with Gasteiger partial charge in [0.2, 0.25) is 5.91 Å². The average molecular weight is 267 g/mol. The highest BCUT2D eigenvalue weighted by atomic mass is 16.2. The van der Waals surface area contributed by atoms with Crippen LogP contribution in [0.5, 0.6) is 0 Å². The van der Waals surface area contributed by atoms with Gasteiger partial charge in [0.1, 0.15) is 0 Å². The zero-order chi connectivity index (χ0) is 13.7. The van der Waals surface area contributed by atoms with Crippen LogP contribution in [0.3, 0.4) is 0 Å². The zero-order valence-corrected chi connectivity index (χ0v) is 12.5. The standard InChI is InChI=1S/C15H29N3O/c1-12(2)15(19)18-10-4-3-5-14(18)11-17-13-6-8-16-9-7-13/h12-14,16-17H,3-11H2,1-2H3. The van der Waals surface area contributed by atoms with Crippen LogP contribution in [0.1, 0.15) is 46.0 Å². The largest absolute Gasteiger partial charge is 0.338 e. The molecule has 0 radical (unpaired) electrons. The van der Waals surface area contributed by atoms with E-state index >= 15 is 0 Å². The van der Waals surface area contributed by atoms with E-state index in [1.807, 2.05) is 13.8 Å². The van der Waals surface area contributed by atoms with Gasteiger partial charge < -0.3 is 15.5 Å². The number of carbonyl (C=O) groups is 1. The van der Waals surface area contributed by atoms with E-state index in [9.17, 15) is 4.79 Å². The summed E-state index contributed by atoms with van der Waals surface area (Å²) in [6.45, 7) is 8.19. The van der Waals surface area contributed by atoms with Gasteiger partial charge in [0.25, 0.3) is 0 Å². The Bertz CT molecular complexity index is 287. The monoisotopic (exact) mass is 267 g/mol. The van der Waals surface area contributed by atoms with Crippen molar-refractivity contribution in [1.82, 2.24) is 15.5 Å². The second-order valence-electron chi connectivity index (χ2n) is 6.27. The van der Waals surface area contributed by atoms with Gasteiger partial charge >= 0.3 is 0 Å². The molecule has 0 spiro atoms. The van der Waals surface area contributed by atoms with E-state index in [2.05, 4.69) is 15.5 Å². The van der Waals surface area contributed by atoms with Crippen molar-refractivity contribution in [2.45, 2.75) is 58.0 Å². The summed E-state index contributed by atoms with van der Waals surface area (Å²) in [5.41, 5.74) is 0. The Morgan fingerprint density at radius 1 is 1.26 bits per heavy atom. The number of nitrogens with one attached hydrogen (secondary N) is 2. The van der Waals surface area contributed by atoms with Gasteiger partial charge in [0.15, 0.2) is 0 Å². The molecule has 1 atom stereocenters. The molecular formula is C15H29N3O. The Hall–Kier alpha value is -0.610. The fourth-order valence-corrected chi connectivity index (χ4v) is 3.16. The number of piperidine rings is 2. The second-order valence-corrected chi connectivity index (χ2v) is 6.27. The van der Waals surface area contributed by atoms with E-state index in [0.717, 1.165) is 32.6 Å². The number of hydrogen-bond donors (Lipinski definition) is 2. The SMILES string of the molecule is CC(C)C(=O)N1CCCCC1CNC1CCNCC1. The molecule has 2 N–H and O–H groups in total.